The molecule has 1 amide bonds. The van der Waals surface area contributed by atoms with Crippen LogP contribution in [-0.2, 0) is 4.79 Å². The third-order valence-corrected chi connectivity index (χ3v) is 4.44. The van der Waals surface area contributed by atoms with E-state index in [1.807, 2.05) is 12.1 Å². The Morgan fingerprint density at radius 2 is 2.17 bits per heavy atom. The van der Waals surface area contributed by atoms with E-state index in [2.05, 4.69) is 17.1 Å². The van der Waals surface area contributed by atoms with E-state index in [0.717, 1.165) is 37.5 Å². The Bertz CT molecular complexity index is 570. The van der Waals surface area contributed by atoms with Crippen LogP contribution in [0.3, 0.4) is 0 Å². The molecule has 1 unspecified atom stereocenters. The number of rotatable bonds is 5. The van der Waals surface area contributed by atoms with E-state index in [9.17, 15) is 4.79 Å². The SMILES string of the molecule is CC1(CN)CCN(CCC(=O)Nc2ccc3c(c2)OCO3)C1.Cl. The maximum absolute atomic E-state index is 12.1. The number of likely N-dealkylation sites (tertiary alicyclic amines) is 1. The van der Waals surface area contributed by atoms with E-state index in [1.165, 1.54) is 0 Å². The van der Waals surface area contributed by atoms with E-state index in [-0.39, 0.29) is 30.5 Å². The molecule has 0 radical (unpaired) electrons. The van der Waals surface area contributed by atoms with Gasteiger partial charge >= 0.3 is 0 Å². The van der Waals surface area contributed by atoms with Gasteiger partial charge in [-0.3, -0.25) is 4.79 Å². The summed E-state index contributed by atoms with van der Waals surface area (Å²) in [4.78, 5) is 14.4. The first kappa shape index (κ1) is 17.8. The van der Waals surface area contributed by atoms with Crippen molar-refractivity contribution in [2.24, 2.45) is 11.1 Å². The van der Waals surface area contributed by atoms with Crippen LogP contribution in [0.4, 0.5) is 5.69 Å². The summed E-state index contributed by atoms with van der Waals surface area (Å²) in [6, 6.07) is 5.43. The zero-order chi connectivity index (χ0) is 15.6. The molecule has 0 spiro atoms. The van der Waals surface area contributed by atoms with Crippen molar-refractivity contribution in [3.8, 4) is 11.5 Å². The minimum Gasteiger partial charge on any atom is -0.454 e. The maximum Gasteiger partial charge on any atom is 0.231 e. The molecule has 3 N–H and O–H groups in total. The highest BCUT2D eigenvalue weighted by Gasteiger charge is 2.32. The van der Waals surface area contributed by atoms with Crippen molar-refractivity contribution in [1.29, 1.82) is 0 Å². The molecule has 1 fully saturated rings. The van der Waals surface area contributed by atoms with Gasteiger partial charge in [-0.25, -0.2) is 0 Å². The summed E-state index contributed by atoms with van der Waals surface area (Å²) in [6.07, 6.45) is 1.59. The van der Waals surface area contributed by atoms with Crippen LogP contribution in [0.5, 0.6) is 11.5 Å². The molecule has 0 aromatic heterocycles. The average molecular weight is 342 g/mol. The van der Waals surface area contributed by atoms with Crippen LogP contribution in [0.1, 0.15) is 19.8 Å². The lowest BCUT2D eigenvalue weighted by molar-refractivity contribution is -0.116. The van der Waals surface area contributed by atoms with Crippen molar-refractivity contribution in [3.05, 3.63) is 18.2 Å². The number of carbonyl (C=O) groups excluding carboxylic acids is 1. The van der Waals surface area contributed by atoms with Crippen molar-refractivity contribution >= 4 is 24.0 Å². The fourth-order valence-electron chi connectivity index (χ4n) is 2.94. The predicted molar refractivity (Wildman–Crippen MR) is 91.3 cm³/mol. The number of fused-ring (bicyclic) bond motifs is 1. The highest BCUT2D eigenvalue weighted by atomic mass is 35.5. The number of nitrogens with zero attached hydrogens (tertiary/aromatic N) is 1. The molecule has 7 heteroatoms. The van der Waals surface area contributed by atoms with Gasteiger partial charge in [0, 0.05) is 31.3 Å². The Balaban J connectivity index is 0.00000192. The van der Waals surface area contributed by atoms with Crippen LogP contribution in [-0.4, -0.2) is 43.8 Å². The van der Waals surface area contributed by atoms with Crippen LogP contribution < -0.4 is 20.5 Å². The zero-order valence-electron chi connectivity index (χ0n) is 13.3. The predicted octanol–water partition coefficient (Wildman–Crippen LogP) is 1.84. The van der Waals surface area contributed by atoms with E-state index < -0.39 is 0 Å². The van der Waals surface area contributed by atoms with Gasteiger partial charge in [0.05, 0.1) is 0 Å². The maximum atomic E-state index is 12.1. The largest absolute Gasteiger partial charge is 0.454 e. The molecule has 0 bridgehead atoms. The molecule has 3 rings (SSSR count). The monoisotopic (exact) mass is 341 g/mol. The number of ether oxygens (including phenoxy) is 2. The van der Waals surface area contributed by atoms with Gasteiger partial charge in [0.25, 0.3) is 0 Å². The number of benzene rings is 1. The molecule has 0 aliphatic carbocycles. The van der Waals surface area contributed by atoms with E-state index in [0.29, 0.717) is 18.7 Å². The number of amides is 1. The Morgan fingerprint density at radius 1 is 1.39 bits per heavy atom. The van der Waals surface area contributed by atoms with E-state index in [1.54, 1.807) is 6.07 Å². The summed E-state index contributed by atoms with van der Waals surface area (Å²) in [5.74, 6) is 1.41. The minimum atomic E-state index is 0. The molecule has 1 aromatic rings. The van der Waals surface area contributed by atoms with Crippen molar-refractivity contribution in [2.75, 3.05) is 38.3 Å². The molecule has 2 heterocycles. The number of hydrogen-bond acceptors (Lipinski definition) is 5. The van der Waals surface area contributed by atoms with Gasteiger partial charge in [0.1, 0.15) is 0 Å². The van der Waals surface area contributed by atoms with Crippen LogP contribution in [0.15, 0.2) is 18.2 Å². The normalized spacial score (nSPS) is 22.7. The molecule has 1 aromatic carbocycles. The number of carbonyl (C=O) groups is 1. The molecule has 23 heavy (non-hydrogen) atoms. The third-order valence-electron chi connectivity index (χ3n) is 4.44. The molecule has 1 saturated heterocycles. The Morgan fingerprint density at radius 3 is 2.91 bits per heavy atom. The van der Waals surface area contributed by atoms with Gasteiger partial charge in [0.2, 0.25) is 12.7 Å². The number of halogens is 1. The van der Waals surface area contributed by atoms with Gasteiger partial charge in [0.15, 0.2) is 11.5 Å². The second-order valence-corrected chi connectivity index (χ2v) is 6.41. The molecule has 0 saturated carbocycles. The molecule has 2 aliphatic heterocycles. The quantitative estimate of drug-likeness (QED) is 0.854. The number of nitrogens with one attached hydrogen (secondary N) is 1. The third kappa shape index (κ3) is 4.28. The van der Waals surface area contributed by atoms with Gasteiger partial charge in [-0.2, -0.15) is 0 Å². The fraction of sp³-hybridized carbons (Fsp3) is 0.562. The van der Waals surface area contributed by atoms with E-state index in [4.69, 9.17) is 15.2 Å². The second-order valence-electron chi connectivity index (χ2n) is 6.41. The topological polar surface area (TPSA) is 76.8 Å². The number of nitrogens with two attached hydrogens (primary N) is 1. The molecule has 2 aliphatic rings. The Labute approximate surface area is 142 Å². The van der Waals surface area contributed by atoms with Crippen LogP contribution in [0, 0.1) is 5.41 Å². The van der Waals surface area contributed by atoms with Crippen molar-refractivity contribution < 1.29 is 14.3 Å². The van der Waals surface area contributed by atoms with Crippen LogP contribution in [0.2, 0.25) is 0 Å². The van der Waals surface area contributed by atoms with Crippen molar-refractivity contribution in [2.45, 2.75) is 19.8 Å². The minimum absolute atomic E-state index is 0. The number of hydrogen-bond donors (Lipinski definition) is 2. The second kappa shape index (κ2) is 7.38. The first-order chi connectivity index (χ1) is 10.6. The van der Waals surface area contributed by atoms with Gasteiger partial charge in [-0.15, -0.1) is 12.4 Å². The lowest BCUT2D eigenvalue weighted by atomic mass is 9.90. The lowest BCUT2D eigenvalue weighted by Crippen LogP contribution is -2.32. The first-order valence-electron chi connectivity index (χ1n) is 7.70. The number of anilines is 1. The molecular weight excluding hydrogens is 318 g/mol. The fourth-order valence-corrected chi connectivity index (χ4v) is 2.94. The van der Waals surface area contributed by atoms with Gasteiger partial charge in [-0.05, 0) is 37.1 Å². The standard InChI is InChI=1S/C16H23N3O3.ClH/c1-16(9-17)5-7-19(10-16)6-4-15(20)18-12-2-3-13-14(8-12)22-11-21-13;/h2-3,8H,4-7,9-11,17H2,1H3,(H,18,20);1H. The lowest BCUT2D eigenvalue weighted by Gasteiger charge is -2.22. The first-order valence-corrected chi connectivity index (χ1v) is 7.70. The summed E-state index contributed by atoms with van der Waals surface area (Å²) in [6.45, 7) is 5.91. The summed E-state index contributed by atoms with van der Waals surface area (Å²) in [7, 11) is 0. The van der Waals surface area contributed by atoms with Crippen molar-refractivity contribution in [1.82, 2.24) is 4.90 Å². The smallest absolute Gasteiger partial charge is 0.231 e. The highest BCUT2D eigenvalue weighted by Crippen LogP contribution is 2.34. The summed E-state index contributed by atoms with van der Waals surface area (Å²) >= 11 is 0. The Hall–Kier alpha value is -1.50. The van der Waals surface area contributed by atoms with E-state index >= 15 is 0 Å². The summed E-state index contributed by atoms with van der Waals surface area (Å²) in [5.41, 5.74) is 6.75. The van der Waals surface area contributed by atoms with Crippen LogP contribution >= 0.6 is 12.4 Å². The Kier molecular flexibility index (Phi) is 5.73. The molecular formula is C16H24ClN3O3. The zero-order valence-corrected chi connectivity index (χ0v) is 14.2. The molecule has 1 atom stereocenters. The summed E-state index contributed by atoms with van der Waals surface area (Å²) in [5, 5.41) is 2.90. The summed E-state index contributed by atoms with van der Waals surface area (Å²) < 4.78 is 10.6. The van der Waals surface area contributed by atoms with Gasteiger partial charge < -0.3 is 25.4 Å². The molecule has 128 valence electrons. The van der Waals surface area contributed by atoms with Crippen molar-refractivity contribution in [3.63, 3.8) is 0 Å². The highest BCUT2D eigenvalue weighted by molar-refractivity contribution is 5.91. The van der Waals surface area contributed by atoms with Crippen LogP contribution in [0.25, 0.3) is 0 Å². The average Bonchev–Trinajstić information content (AvgIpc) is 3.12. The molecule has 6 nitrogen and oxygen atoms in total. The van der Waals surface area contributed by atoms with Gasteiger partial charge in [-0.1, -0.05) is 6.92 Å².